The topological polar surface area (TPSA) is 29.1 Å². The Morgan fingerprint density at radius 3 is 2.55 bits per heavy atom. The summed E-state index contributed by atoms with van der Waals surface area (Å²) in [7, 11) is 0. The molecule has 2 rings (SSSR count). The van der Waals surface area contributed by atoms with E-state index >= 15 is 0 Å². The lowest BCUT2D eigenvalue weighted by molar-refractivity contribution is 0.0926. The SMILES string of the molecule is CC(C)[C@@H](NC(=O)c1cccc(Cl)c1Cl)c1cccs1. The van der Waals surface area contributed by atoms with Crippen molar-refractivity contribution in [1.82, 2.24) is 5.32 Å². The van der Waals surface area contributed by atoms with Crippen LogP contribution in [0.1, 0.15) is 35.1 Å². The Kier molecular flexibility index (Phi) is 5.08. The summed E-state index contributed by atoms with van der Waals surface area (Å²) < 4.78 is 0. The molecule has 0 saturated heterocycles. The van der Waals surface area contributed by atoms with E-state index in [9.17, 15) is 4.79 Å². The van der Waals surface area contributed by atoms with Gasteiger partial charge in [0.2, 0.25) is 0 Å². The van der Waals surface area contributed by atoms with Crippen molar-refractivity contribution < 1.29 is 4.79 Å². The van der Waals surface area contributed by atoms with Crippen molar-refractivity contribution in [2.75, 3.05) is 0 Å². The van der Waals surface area contributed by atoms with Crippen LogP contribution in [-0.4, -0.2) is 5.91 Å². The number of thiophene rings is 1. The van der Waals surface area contributed by atoms with Crippen LogP contribution in [0.15, 0.2) is 35.7 Å². The first-order valence-corrected chi connectivity index (χ1v) is 7.92. The standard InChI is InChI=1S/C15H15Cl2NOS/c1-9(2)14(12-7-4-8-20-12)18-15(19)10-5-3-6-11(16)13(10)17/h3-9,14H,1-2H3,(H,18,19)/t14-/m1/s1. The van der Waals surface area contributed by atoms with E-state index in [1.54, 1.807) is 29.5 Å². The molecule has 20 heavy (non-hydrogen) atoms. The molecule has 0 spiro atoms. The second kappa shape index (κ2) is 6.61. The fourth-order valence-electron chi connectivity index (χ4n) is 1.93. The minimum Gasteiger partial charge on any atom is -0.344 e. The van der Waals surface area contributed by atoms with Crippen LogP contribution >= 0.6 is 34.5 Å². The third-order valence-electron chi connectivity index (χ3n) is 3.00. The fourth-order valence-corrected chi connectivity index (χ4v) is 3.27. The van der Waals surface area contributed by atoms with Crippen molar-refractivity contribution in [2.24, 2.45) is 5.92 Å². The number of amides is 1. The highest BCUT2D eigenvalue weighted by atomic mass is 35.5. The number of benzene rings is 1. The molecule has 1 N–H and O–H groups in total. The molecule has 5 heteroatoms. The predicted octanol–water partition coefficient (Wildman–Crippen LogP) is 5.18. The first-order valence-electron chi connectivity index (χ1n) is 6.29. The second-order valence-electron chi connectivity index (χ2n) is 4.81. The number of carbonyl (C=O) groups is 1. The summed E-state index contributed by atoms with van der Waals surface area (Å²) in [5.41, 5.74) is 0.404. The normalized spacial score (nSPS) is 12.4. The third-order valence-corrected chi connectivity index (χ3v) is 4.77. The highest BCUT2D eigenvalue weighted by Gasteiger charge is 2.21. The molecule has 0 aliphatic carbocycles. The summed E-state index contributed by atoms with van der Waals surface area (Å²) in [5.74, 6) is 0.0835. The molecule has 0 unspecified atom stereocenters. The minimum absolute atomic E-state index is 0.0300. The van der Waals surface area contributed by atoms with Crippen molar-refractivity contribution in [3.05, 3.63) is 56.2 Å². The molecule has 0 bridgehead atoms. The molecule has 0 aliphatic heterocycles. The number of nitrogens with one attached hydrogen (secondary N) is 1. The van der Waals surface area contributed by atoms with Crippen LogP contribution in [-0.2, 0) is 0 Å². The van der Waals surface area contributed by atoms with Crippen LogP contribution < -0.4 is 5.32 Å². The Morgan fingerprint density at radius 2 is 1.95 bits per heavy atom. The zero-order chi connectivity index (χ0) is 14.7. The van der Waals surface area contributed by atoms with Crippen molar-refractivity contribution >= 4 is 40.4 Å². The van der Waals surface area contributed by atoms with E-state index in [1.165, 1.54) is 0 Å². The minimum atomic E-state index is -0.204. The summed E-state index contributed by atoms with van der Waals surface area (Å²) >= 11 is 13.7. The molecule has 1 heterocycles. The Hall–Kier alpha value is -1.03. The molecule has 0 aliphatic rings. The van der Waals surface area contributed by atoms with Crippen molar-refractivity contribution in [3.8, 4) is 0 Å². The van der Waals surface area contributed by atoms with Crippen LogP contribution in [0, 0.1) is 5.92 Å². The Morgan fingerprint density at radius 1 is 1.20 bits per heavy atom. The number of carbonyl (C=O) groups excluding carboxylic acids is 1. The van der Waals surface area contributed by atoms with Crippen LogP contribution in [0.5, 0.6) is 0 Å². The molecular formula is C15H15Cl2NOS. The van der Waals surface area contributed by atoms with E-state index in [0.717, 1.165) is 4.88 Å². The van der Waals surface area contributed by atoms with Gasteiger partial charge in [0.05, 0.1) is 21.7 Å². The van der Waals surface area contributed by atoms with Crippen molar-refractivity contribution in [1.29, 1.82) is 0 Å². The van der Waals surface area contributed by atoms with E-state index in [1.807, 2.05) is 17.5 Å². The quantitative estimate of drug-likeness (QED) is 0.823. The maximum absolute atomic E-state index is 12.4. The van der Waals surface area contributed by atoms with Gasteiger partial charge in [-0.15, -0.1) is 11.3 Å². The maximum Gasteiger partial charge on any atom is 0.253 e. The Labute approximate surface area is 132 Å². The van der Waals surface area contributed by atoms with Gasteiger partial charge < -0.3 is 5.32 Å². The summed E-state index contributed by atoms with van der Waals surface area (Å²) in [6.07, 6.45) is 0. The van der Waals surface area contributed by atoms with Gasteiger partial charge in [0.25, 0.3) is 5.91 Å². The first-order chi connectivity index (χ1) is 9.50. The highest BCUT2D eigenvalue weighted by molar-refractivity contribution is 7.10. The van der Waals surface area contributed by atoms with E-state index in [-0.39, 0.29) is 17.9 Å². The van der Waals surface area contributed by atoms with Gasteiger partial charge in [0, 0.05) is 4.88 Å². The lowest BCUT2D eigenvalue weighted by Crippen LogP contribution is -2.31. The Bertz CT molecular complexity index is 596. The third kappa shape index (κ3) is 3.35. The molecule has 0 fully saturated rings. The summed E-state index contributed by atoms with van der Waals surface area (Å²) in [6.45, 7) is 4.15. The summed E-state index contributed by atoms with van der Waals surface area (Å²) in [5, 5.41) is 5.71. The molecule has 1 atom stereocenters. The molecular weight excluding hydrogens is 313 g/mol. The van der Waals surface area contributed by atoms with Crippen LogP contribution in [0.25, 0.3) is 0 Å². The molecule has 2 aromatic rings. The van der Waals surface area contributed by atoms with Gasteiger partial charge in [-0.05, 0) is 29.5 Å². The molecule has 1 amide bonds. The lowest BCUT2D eigenvalue weighted by atomic mass is 10.0. The average Bonchev–Trinajstić information content (AvgIpc) is 2.92. The smallest absolute Gasteiger partial charge is 0.253 e. The van der Waals surface area contributed by atoms with E-state index in [0.29, 0.717) is 15.6 Å². The van der Waals surface area contributed by atoms with Crippen molar-refractivity contribution in [2.45, 2.75) is 19.9 Å². The molecule has 1 aromatic carbocycles. The average molecular weight is 328 g/mol. The lowest BCUT2D eigenvalue weighted by Gasteiger charge is -2.21. The monoisotopic (exact) mass is 327 g/mol. The largest absolute Gasteiger partial charge is 0.344 e. The van der Waals surface area contributed by atoms with Crippen LogP contribution in [0.4, 0.5) is 0 Å². The van der Waals surface area contributed by atoms with Gasteiger partial charge in [-0.25, -0.2) is 0 Å². The molecule has 1 aromatic heterocycles. The number of rotatable bonds is 4. The van der Waals surface area contributed by atoms with Gasteiger partial charge >= 0.3 is 0 Å². The fraction of sp³-hybridized carbons (Fsp3) is 0.267. The highest BCUT2D eigenvalue weighted by Crippen LogP contribution is 2.29. The summed E-state index contributed by atoms with van der Waals surface area (Å²) in [6, 6.07) is 9.04. The van der Waals surface area contributed by atoms with Gasteiger partial charge in [0.15, 0.2) is 0 Å². The number of hydrogen-bond donors (Lipinski definition) is 1. The Balaban J connectivity index is 2.23. The van der Waals surface area contributed by atoms with Crippen LogP contribution in [0.2, 0.25) is 10.0 Å². The zero-order valence-electron chi connectivity index (χ0n) is 11.2. The van der Waals surface area contributed by atoms with Crippen LogP contribution in [0.3, 0.4) is 0 Å². The van der Waals surface area contributed by atoms with E-state index < -0.39 is 0 Å². The first kappa shape index (κ1) is 15.4. The van der Waals surface area contributed by atoms with E-state index in [2.05, 4.69) is 19.2 Å². The number of hydrogen-bond acceptors (Lipinski definition) is 2. The van der Waals surface area contributed by atoms with Gasteiger partial charge in [-0.3, -0.25) is 4.79 Å². The van der Waals surface area contributed by atoms with Crippen molar-refractivity contribution in [3.63, 3.8) is 0 Å². The predicted molar refractivity (Wildman–Crippen MR) is 85.8 cm³/mol. The van der Waals surface area contributed by atoms with Gasteiger partial charge in [-0.2, -0.15) is 0 Å². The number of halogens is 2. The zero-order valence-corrected chi connectivity index (χ0v) is 13.5. The molecule has 0 saturated carbocycles. The van der Waals surface area contributed by atoms with Gasteiger partial charge in [0.1, 0.15) is 0 Å². The molecule has 2 nitrogen and oxygen atoms in total. The second-order valence-corrected chi connectivity index (χ2v) is 6.58. The maximum atomic E-state index is 12.4. The van der Waals surface area contributed by atoms with E-state index in [4.69, 9.17) is 23.2 Å². The molecule has 0 radical (unpaired) electrons. The summed E-state index contributed by atoms with van der Waals surface area (Å²) in [4.78, 5) is 13.5. The van der Waals surface area contributed by atoms with Gasteiger partial charge in [-0.1, -0.05) is 49.2 Å². The molecule has 106 valence electrons.